The molecular formula is C28H21NO7. The normalized spacial score (nSPS) is 12.7. The number of rotatable bonds is 6. The first kappa shape index (κ1) is 23.0. The standard InChI is InChI=1S/C28H21NO7/c1-3-34-20-8-6-19(7-9-20)29-26(31)22-11-5-17(13-23(22)27(29)32)28(33)35-15-18-14-25(30)36-24-12-16(2)4-10-21(18)24/h4-14H,3,15H2,1-2H3. The summed E-state index contributed by atoms with van der Waals surface area (Å²) in [5, 5.41) is 0.661. The smallest absolute Gasteiger partial charge is 0.338 e. The number of fused-ring (bicyclic) bond motifs is 2. The average molecular weight is 483 g/mol. The highest BCUT2D eigenvalue weighted by Gasteiger charge is 2.37. The summed E-state index contributed by atoms with van der Waals surface area (Å²) in [4.78, 5) is 51.8. The molecule has 36 heavy (non-hydrogen) atoms. The van der Waals surface area contributed by atoms with Crippen LogP contribution in [0.5, 0.6) is 5.75 Å². The van der Waals surface area contributed by atoms with E-state index < -0.39 is 23.4 Å². The van der Waals surface area contributed by atoms with Crippen LogP contribution in [0.3, 0.4) is 0 Å². The molecule has 0 saturated heterocycles. The molecule has 3 aromatic carbocycles. The zero-order valence-electron chi connectivity index (χ0n) is 19.6. The van der Waals surface area contributed by atoms with Gasteiger partial charge in [0.05, 0.1) is 29.0 Å². The predicted molar refractivity (Wildman–Crippen MR) is 132 cm³/mol. The Labute approximate surface area is 205 Å². The Hall–Kier alpha value is -4.72. The number of aryl methyl sites for hydroxylation is 1. The van der Waals surface area contributed by atoms with Gasteiger partial charge in [-0.15, -0.1) is 0 Å². The number of imide groups is 1. The lowest BCUT2D eigenvalue weighted by atomic mass is 10.1. The molecule has 8 nitrogen and oxygen atoms in total. The largest absolute Gasteiger partial charge is 0.494 e. The first-order chi connectivity index (χ1) is 17.4. The third-order valence-corrected chi connectivity index (χ3v) is 5.87. The second kappa shape index (κ2) is 9.14. The number of hydrogen-bond donors (Lipinski definition) is 0. The van der Waals surface area contributed by atoms with Crippen molar-refractivity contribution in [3.8, 4) is 5.75 Å². The minimum Gasteiger partial charge on any atom is -0.494 e. The van der Waals surface area contributed by atoms with E-state index in [0.717, 1.165) is 10.5 Å². The second-order valence-electron chi connectivity index (χ2n) is 8.30. The van der Waals surface area contributed by atoms with Crippen LogP contribution in [-0.2, 0) is 11.3 Å². The number of carbonyl (C=O) groups is 3. The van der Waals surface area contributed by atoms with Gasteiger partial charge in [-0.25, -0.2) is 14.5 Å². The maximum atomic E-state index is 13.1. The number of benzene rings is 3. The third kappa shape index (κ3) is 4.13. The molecule has 1 aromatic heterocycles. The molecule has 2 amide bonds. The van der Waals surface area contributed by atoms with Gasteiger partial charge in [0.2, 0.25) is 0 Å². The molecule has 4 aromatic rings. The maximum absolute atomic E-state index is 13.1. The quantitative estimate of drug-likeness (QED) is 0.223. The molecule has 1 aliphatic rings. The van der Waals surface area contributed by atoms with Crippen LogP contribution in [0.4, 0.5) is 5.69 Å². The molecule has 8 heteroatoms. The van der Waals surface area contributed by atoms with Crippen LogP contribution in [0.2, 0.25) is 0 Å². The Morgan fingerprint density at radius 3 is 2.39 bits per heavy atom. The molecule has 0 aliphatic carbocycles. The van der Waals surface area contributed by atoms with Crippen LogP contribution >= 0.6 is 0 Å². The zero-order valence-corrected chi connectivity index (χ0v) is 19.6. The van der Waals surface area contributed by atoms with Crippen molar-refractivity contribution in [2.24, 2.45) is 0 Å². The van der Waals surface area contributed by atoms with Crippen molar-refractivity contribution >= 4 is 34.4 Å². The van der Waals surface area contributed by atoms with Gasteiger partial charge >= 0.3 is 11.6 Å². The van der Waals surface area contributed by atoms with Crippen LogP contribution in [0, 0.1) is 6.92 Å². The van der Waals surface area contributed by atoms with Gasteiger partial charge in [0, 0.05) is 17.0 Å². The van der Waals surface area contributed by atoms with Crippen molar-refractivity contribution in [3.05, 3.63) is 105 Å². The minimum atomic E-state index is -0.689. The second-order valence-corrected chi connectivity index (χ2v) is 8.30. The summed E-state index contributed by atoms with van der Waals surface area (Å²) in [6, 6.07) is 17.5. The topological polar surface area (TPSA) is 103 Å². The van der Waals surface area contributed by atoms with Crippen LogP contribution in [0.1, 0.15) is 49.1 Å². The van der Waals surface area contributed by atoms with E-state index in [1.807, 2.05) is 19.9 Å². The molecular weight excluding hydrogens is 462 g/mol. The summed E-state index contributed by atoms with van der Waals surface area (Å²) in [5.74, 6) is -1.07. The molecule has 5 rings (SSSR count). The monoisotopic (exact) mass is 483 g/mol. The fourth-order valence-corrected chi connectivity index (χ4v) is 4.14. The van der Waals surface area contributed by atoms with E-state index in [1.165, 1.54) is 24.3 Å². The molecule has 0 saturated carbocycles. The number of anilines is 1. The van der Waals surface area contributed by atoms with Gasteiger partial charge in [-0.05, 0) is 67.9 Å². The molecule has 0 fully saturated rings. The van der Waals surface area contributed by atoms with Crippen molar-refractivity contribution in [2.45, 2.75) is 20.5 Å². The van der Waals surface area contributed by atoms with Gasteiger partial charge in [0.1, 0.15) is 17.9 Å². The van der Waals surface area contributed by atoms with Crippen LogP contribution in [-0.4, -0.2) is 24.4 Å². The highest BCUT2D eigenvalue weighted by Crippen LogP contribution is 2.30. The van der Waals surface area contributed by atoms with E-state index in [2.05, 4.69) is 0 Å². The number of hydrogen-bond acceptors (Lipinski definition) is 7. The number of amides is 2. The Morgan fingerprint density at radius 2 is 1.64 bits per heavy atom. The number of esters is 1. The summed E-state index contributed by atoms with van der Waals surface area (Å²) in [7, 11) is 0. The zero-order chi connectivity index (χ0) is 25.4. The molecule has 0 N–H and O–H groups in total. The maximum Gasteiger partial charge on any atom is 0.338 e. The third-order valence-electron chi connectivity index (χ3n) is 5.87. The van der Waals surface area contributed by atoms with Gasteiger partial charge in [-0.1, -0.05) is 12.1 Å². The average Bonchev–Trinajstić information content (AvgIpc) is 3.12. The Balaban J connectivity index is 1.36. The summed E-state index contributed by atoms with van der Waals surface area (Å²) >= 11 is 0. The molecule has 1 aliphatic heterocycles. The summed E-state index contributed by atoms with van der Waals surface area (Å²) < 4.78 is 16.1. The lowest BCUT2D eigenvalue weighted by Gasteiger charge is -2.14. The molecule has 0 radical (unpaired) electrons. The van der Waals surface area contributed by atoms with Crippen molar-refractivity contribution in [2.75, 3.05) is 11.5 Å². The van der Waals surface area contributed by atoms with Crippen molar-refractivity contribution in [1.82, 2.24) is 0 Å². The van der Waals surface area contributed by atoms with Crippen molar-refractivity contribution in [3.63, 3.8) is 0 Å². The molecule has 0 atom stereocenters. The number of nitrogens with zero attached hydrogens (tertiary/aromatic N) is 1. The van der Waals surface area contributed by atoms with Gasteiger partial charge in [0.25, 0.3) is 11.8 Å². The van der Waals surface area contributed by atoms with E-state index >= 15 is 0 Å². The van der Waals surface area contributed by atoms with Crippen LogP contribution in [0.25, 0.3) is 11.0 Å². The van der Waals surface area contributed by atoms with E-state index in [4.69, 9.17) is 13.9 Å². The van der Waals surface area contributed by atoms with E-state index in [9.17, 15) is 19.2 Å². The first-order valence-corrected chi connectivity index (χ1v) is 11.3. The highest BCUT2D eigenvalue weighted by atomic mass is 16.5. The van der Waals surface area contributed by atoms with Gasteiger partial charge in [-0.3, -0.25) is 9.59 Å². The molecule has 0 bridgehead atoms. The van der Waals surface area contributed by atoms with Gasteiger partial charge in [-0.2, -0.15) is 0 Å². The van der Waals surface area contributed by atoms with Crippen LogP contribution < -0.4 is 15.3 Å². The number of carbonyl (C=O) groups excluding carboxylic acids is 3. The minimum absolute atomic E-state index is 0.115. The molecule has 0 spiro atoms. The Morgan fingerprint density at radius 1 is 0.889 bits per heavy atom. The fraction of sp³-hybridized carbons (Fsp3) is 0.143. The van der Waals surface area contributed by atoms with Crippen molar-refractivity contribution in [1.29, 1.82) is 0 Å². The summed E-state index contributed by atoms with van der Waals surface area (Å²) in [6.07, 6.45) is 0. The fourth-order valence-electron chi connectivity index (χ4n) is 4.14. The lowest BCUT2D eigenvalue weighted by molar-refractivity contribution is 0.0473. The van der Waals surface area contributed by atoms with E-state index in [-0.39, 0.29) is 23.3 Å². The first-order valence-electron chi connectivity index (χ1n) is 11.3. The predicted octanol–water partition coefficient (Wildman–Crippen LogP) is 4.66. The molecule has 2 heterocycles. The molecule has 0 unspecified atom stereocenters. The van der Waals surface area contributed by atoms with E-state index in [0.29, 0.717) is 34.6 Å². The Bertz CT molecular complexity index is 1580. The number of ether oxygens (including phenoxy) is 2. The molecule has 180 valence electrons. The summed E-state index contributed by atoms with van der Waals surface area (Å²) in [5.41, 5.74) is 2.13. The highest BCUT2D eigenvalue weighted by molar-refractivity contribution is 6.34. The lowest BCUT2D eigenvalue weighted by Crippen LogP contribution is -2.29. The van der Waals surface area contributed by atoms with Crippen LogP contribution in [0.15, 0.2) is 75.9 Å². The van der Waals surface area contributed by atoms with E-state index in [1.54, 1.807) is 36.4 Å². The SMILES string of the molecule is CCOc1ccc(N2C(=O)c3ccc(C(=O)OCc4cc(=O)oc5cc(C)ccc45)cc3C2=O)cc1. The Kier molecular flexibility index (Phi) is 5.85. The van der Waals surface area contributed by atoms with Gasteiger partial charge in [0.15, 0.2) is 0 Å². The summed E-state index contributed by atoms with van der Waals surface area (Å²) in [6.45, 7) is 4.08. The van der Waals surface area contributed by atoms with Gasteiger partial charge < -0.3 is 13.9 Å². The van der Waals surface area contributed by atoms with Crippen molar-refractivity contribution < 1.29 is 28.3 Å².